The molecule has 238 valence electrons. The molecule has 0 aliphatic heterocycles. The van der Waals surface area contributed by atoms with Crippen LogP contribution < -0.4 is 10.4 Å². The molecule has 1 aliphatic carbocycles. The number of allylic oxidation sites excluding steroid dienone is 6. The van der Waals surface area contributed by atoms with Gasteiger partial charge in [0, 0.05) is 33.8 Å². The maximum atomic E-state index is 13.1. The SMILES string of the molecule is CC1=CC(=O)[C@H](C/C=C\CCCC(=O)O)[C@H]1/C=C/[C@@H](CC(C)(C)[Si](O)(c1ccccc1)c1ccccc1)c1cc2ccccc2s1. The molecule has 0 radical (unpaired) electrons. The summed E-state index contributed by atoms with van der Waals surface area (Å²) in [5, 5.41) is 11.7. The summed E-state index contributed by atoms with van der Waals surface area (Å²) in [4.78, 5) is 38.1. The highest BCUT2D eigenvalue weighted by molar-refractivity contribution is 7.19. The highest BCUT2D eigenvalue weighted by Gasteiger charge is 2.50. The van der Waals surface area contributed by atoms with Crippen LogP contribution in [0.1, 0.15) is 63.7 Å². The molecule has 0 unspecified atom stereocenters. The van der Waals surface area contributed by atoms with E-state index in [9.17, 15) is 14.4 Å². The molecule has 0 bridgehead atoms. The van der Waals surface area contributed by atoms with Crippen molar-refractivity contribution in [1.82, 2.24) is 0 Å². The zero-order valence-corrected chi connectivity index (χ0v) is 28.8. The van der Waals surface area contributed by atoms with Gasteiger partial charge in [0.25, 0.3) is 8.32 Å². The lowest BCUT2D eigenvalue weighted by molar-refractivity contribution is -0.137. The Morgan fingerprint density at radius 3 is 2.22 bits per heavy atom. The molecule has 4 aromatic rings. The molecule has 0 saturated heterocycles. The van der Waals surface area contributed by atoms with Crippen molar-refractivity contribution in [3.63, 3.8) is 0 Å². The summed E-state index contributed by atoms with van der Waals surface area (Å²) in [6.07, 6.45) is 13.2. The van der Waals surface area contributed by atoms with Gasteiger partial charge in [-0.05, 0) is 71.6 Å². The lowest BCUT2D eigenvalue weighted by atomic mass is 9.85. The van der Waals surface area contributed by atoms with Gasteiger partial charge in [0.2, 0.25) is 0 Å². The maximum Gasteiger partial charge on any atom is 0.303 e. The number of fused-ring (bicyclic) bond motifs is 1. The van der Waals surface area contributed by atoms with Crippen LogP contribution in [0.2, 0.25) is 5.04 Å². The Morgan fingerprint density at radius 2 is 1.59 bits per heavy atom. The Bertz CT molecular complexity index is 1660. The Labute approximate surface area is 278 Å². The molecule has 6 heteroatoms. The van der Waals surface area contributed by atoms with Crippen LogP contribution in [0.25, 0.3) is 10.1 Å². The second kappa shape index (κ2) is 14.7. The first-order chi connectivity index (χ1) is 22.1. The van der Waals surface area contributed by atoms with Gasteiger partial charge >= 0.3 is 5.97 Å². The maximum absolute atomic E-state index is 13.1. The van der Waals surface area contributed by atoms with Crippen molar-refractivity contribution in [2.24, 2.45) is 11.8 Å². The van der Waals surface area contributed by atoms with Gasteiger partial charge in [-0.15, -0.1) is 11.3 Å². The number of hydrogen-bond donors (Lipinski definition) is 2. The van der Waals surface area contributed by atoms with Crippen LogP contribution in [-0.2, 0) is 9.59 Å². The number of hydrogen-bond acceptors (Lipinski definition) is 4. The summed E-state index contributed by atoms with van der Waals surface area (Å²) in [5.74, 6) is -0.765. The molecule has 1 heterocycles. The predicted molar refractivity (Wildman–Crippen MR) is 193 cm³/mol. The van der Waals surface area contributed by atoms with E-state index in [0.717, 1.165) is 22.4 Å². The molecule has 0 amide bonds. The Hall–Kier alpha value is -3.84. The number of rotatable bonds is 14. The molecule has 1 aromatic heterocycles. The highest BCUT2D eigenvalue weighted by Crippen LogP contribution is 2.47. The molecule has 4 nitrogen and oxygen atoms in total. The van der Waals surface area contributed by atoms with E-state index in [1.807, 2.05) is 55.5 Å². The van der Waals surface area contributed by atoms with E-state index >= 15 is 0 Å². The molecule has 46 heavy (non-hydrogen) atoms. The summed E-state index contributed by atoms with van der Waals surface area (Å²) in [6, 6.07) is 31.1. The first-order valence-electron chi connectivity index (χ1n) is 16.2. The van der Waals surface area contributed by atoms with Crippen molar-refractivity contribution in [3.8, 4) is 0 Å². The van der Waals surface area contributed by atoms with Crippen molar-refractivity contribution >= 4 is 51.9 Å². The van der Waals surface area contributed by atoms with Crippen LogP contribution in [0.5, 0.6) is 0 Å². The second-order valence-corrected chi connectivity index (χ2v) is 18.2. The molecule has 0 spiro atoms. The monoisotopic (exact) mass is 648 g/mol. The number of benzene rings is 3. The fourth-order valence-electron chi connectivity index (χ4n) is 6.91. The van der Waals surface area contributed by atoms with E-state index in [1.165, 1.54) is 15.0 Å². The topological polar surface area (TPSA) is 74.6 Å². The molecule has 2 N–H and O–H groups in total. The summed E-state index contributed by atoms with van der Waals surface area (Å²) in [7, 11) is -3.24. The van der Waals surface area contributed by atoms with Crippen LogP contribution in [0, 0.1) is 11.8 Å². The van der Waals surface area contributed by atoms with E-state index in [0.29, 0.717) is 19.3 Å². The number of ketones is 1. The minimum Gasteiger partial charge on any atom is -0.481 e. The van der Waals surface area contributed by atoms with Gasteiger partial charge in [0.05, 0.1) is 0 Å². The number of aliphatic carboxylic acids is 1. The minimum atomic E-state index is -3.24. The normalized spacial score (nSPS) is 18.1. The molecule has 5 rings (SSSR count). The smallest absolute Gasteiger partial charge is 0.303 e. The van der Waals surface area contributed by atoms with Crippen molar-refractivity contribution < 1.29 is 19.5 Å². The fourth-order valence-corrected chi connectivity index (χ4v) is 11.8. The van der Waals surface area contributed by atoms with Gasteiger partial charge in [-0.25, -0.2) is 0 Å². The molecule has 3 atom stereocenters. The Morgan fingerprint density at radius 1 is 0.957 bits per heavy atom. The summed E-state index contributed by atoms with van der Waals surface area (Å²) in [5.41, 5.74) is 1.07. The van der Waals surface area contributed by atoms with Crippen molar-refractivity contribution in [1.29, 1.82) is 0 Å². The van der Waals surface area contributed by atoms with E-state index in [-0.39, 0.29) is 30.0 Å². The van der Waals surface area contributed by atoms with Crippen molar-refractivity contribution in [3.05, 3.63) is 132 Å². The molecular weight excluding hydrogens is 605 g/mol. The Balaban J connectivity index is 1.48. The first-order valence-corrected chi connectivity index (χ1v) is 19.0. The standard InChI is InChI=1S/C40H44O4SSi/c1-29-26-36(41)35(21-12-4-5-13-23-39(42)43)34(29)25-24-31(38-27-30-16-14-15-22-37(30)45-38)28-40(2,3)46(44,32-17-8-6-9-18-32)33-19-10-7-11-20-33/h4,6-12,14-20,22,24-27,31,34-35,44H,5,13,21,23,28H2,1-3H3,(H,42,43)/b12-4-,25-24+/t31-,34-,35+/m0/s1. The van der Waals surface area contributed by atoms with Gasteiger partial charge in [0.15, 0.2) is 5.78 Å². The number of carbonyl (C=O) groups excluding carboxylic acids is 1. The van der Waals surface area contributed by atoms with Gasteiger partial charge in [-0.3, -0.25) is 9.59 Å². The zero-order valence-electron chi connectivity index (χ0n) is 26.9. The third kappa shape index (κ3) is 7.41. The zero-order chi connectivity index (χ0) is 32.7. The summed E-state index contributed by atoms with van der Waals surface area (Å²) < 4.78 is 1.24. The quantitative estimate of drug-likeness (QED) is 0.0818. The van der Waals surface area contributed by atoms with Gasteiger partial charge in [-0.2, -0.15) is 0 Å². The van der Waals surface area contributed by atoms with E-state index in [1.54, 1.807) is 17.4 Å². The average molecular weight is 649 g/mol. The van der Waals surface area contributed by atoms with Gasteiger partial charge in [0.1, 0.15) is 0 Å². The van der Waals surface area contributed by atoms with Crippen molar-refractivity contribution in [2.45, 2.75) is 63.8 Å². The Kier molecular flexibility index (Phi) is 10.7. The van der Waals surface area contributed by atoms with Crippen LogP contribution in [0.4, 0.5) is 0 Å². The lowest BCUT2D eigenvalue weighted by Gasteiger charge is -2.42. The third-order valence-electron chi connectivity index (χ3n) is 9.47. The number of unbranched alkanes of at least 4 members (excludes halogenated alkanes) is 1. The number of carboxylic acid groups (broad SMARTS) is 1. The van der Waals surface area contributed by atoms with Crippen LogP contribution in [0.3, 0.4) is 0 Å². The molecule has 3 aromatic carbocycles. The number of carboxylic acids is 1. The van der Waals surface area contributed by atoms with Crippen molar-refractivity contribution in [2.75, 3.05) is 0 Å². The van der Waals surface area contributed by atoms with Crippen LogP contribution in [-0.4, -0.2) is 30.0 Å². The molecular formula is C40H44O4SSi. The molecule has 0 fully saturated rings. The van der Waals surface area contributed by atoms with Crippen LogP contribution >= 0.6 is 11.3 Å². The molecule has 0 saturated carbocycles. The highest BCUT2D eigenvalue weighted by atomic mass is 32.1. The largest absolute Gasteiger partial charge is 0.481 e. The first kappa shape index (κ1) is 33.5. The third-order valence-corrected chi connectivity index (χ3v) is 15.2. The lowest BCUT2D eigenvalue weighted by Crippen LogP contribution is -2.65. The second-order valence-electron chi connectivity index (χ2n) is 13.1. The average Bonchev–Trinajstić information content (AvgIpc) is 3.60. The summed E-state index contributed by atoms with van der Waals surface area (Å²) in [6.45, 7) is 6.48. The van der Waals surface area contributed by atoms with E-state index in [4.69, 9.17) is 5.11 Å². The fraction of sp³-hybridized carbons (Fsp3) is 0.300. The summed E-state index contributed by atoms with van der Waals surface area (Å²) >= 11 is 1.80. The van der Waals surface area contributed by atoms with E-state index in [2.05, 4.69) is 80.6 Å². The van der Waals surface area contributed by atoms with E-state index < -0.39 is 19.3 Å². The molecule has 1 aliphatic rings. The van der Waals surface area contributed by atoms with Crippen LogP contribution in [0.15, 0.2) is 127 Å². The predicted octanol–water partition coefficient (Wildman–Crippen LogP) is 8.43. The number of thiophene rings is 1. The number of carbonyl (C=O) groups is 2. The van der Waals surface area contributed by atoms with Gasteiger partial charge < -0.3 is 9.90 Å². The minimum absolute atomic E-state index is 0.00413. The van der Waals surface area contributed by atoms with Gasteiger partial charge in [-0.1, -0.05) is 123 Å².